The van der Waals surface area contributed by atoms with Crippen molar-refractivity contribution in [1.82, 2.24) is 10.2 Å². The average molecular weight is 242 g/mol. The van der Waals surface area contributed by atoms with E-state index in [1.807, 2.05) is 7.11 Å². The summed E-state index contributed by atoms with van der Waals surface area (Å²) in [6.07, 6.45) is 3.57. The van der Waals surface area contributed by atoms with Crippen LogP contribution in [0.4, 0.5) is 0 Å². The molecule has 2 unspecified atom stereocenters. The summed E-state index contributed by atoms with van der Waals surface area (Å²) in [5.41, 5.74) is 0.00115. The number of rotatable bonds is 5. The quantitative estimate of drug-likeness (QED) is 0.800. The van der Waals surface area contributed by atoms with Crippen LogP contribution in [0, 0.1) is 0 Å². The molecule has 1 aliphatic rings. The maximum absolute atomic E-state index is 5.51. The zero-order valence-corrected chi connectivity index (χ0v) is 12.3. The molecule has 102 valence electrons. The maximum Gasteiger partial charge on any atom is 0.0634 e. The molecule has 0 aromatic carbocycles. The maximum atomic E-state index is 5.51. The van der Waals surface area contributed by atoms with Gasteiger partial charge in [-0.1, -0.05) is 6.92 Å². The Morgan fingerprint density at radius 1 is 1.41 bits per heavy atom. The molecule has 0 saturated carbocycles. The van der Waals surface area contributed by atoms with Gasteiger partial charge >= 0.3 is 0 Å². The molecule has 3 heteroatoms. The van der Waals surface area contributed by atoms with E-state index in [1.165, 1.54) is 19.4 Å². The fourth-order valence-electron chi connectivity index (χ4n) is 2.31. The molecule has 0 spiro atoms. The van der Waals surface area contributed by atoms with Crippen molar-refractivity contribution in [3.05, 3.63) is 0 Å². The minimum Gasteiger partial charge on any atom is -0.379 e. The summed E-state index contributed by atoms with van der Waals surface area (Å²) in [6.45, 7) is 12.4. The molecule has 1 saturated heterocycles. The van der Waals surface area contributed by atoms with Gasteiger partial charge in [-0.2, -0.15) is 0 Å². The van der Waals surface area contributed by atoms with Crippen LogP contribution in [0.5, 0.6) is 0 Å². The smallest absolute Gasteiger partial charge is 0.0634 e. The van der Waals surface area contributed by atoms with Crippen LogP contribution in [0.2, 0.25) is 0 Å². The Hall–Kier alpha value is -0.120. The van der Waals surface area contributed by atoms with Gasteiger partial charge in [0.25, 0.3) is 0 Å². The Kier molecular flexibility index (Phi) is 5.90. The first-order valence-electron chi connectivity index (χ1n) is 7.01. The summed E-state index contributed by atoms with van der Waals surface area (Å²) in [5.74, 6) is 0. The number of methoxy groups -OCH3 is 1. The molecular weight excluding hydrogens is 212 g/mol. The number of hydrogen-bond donors (Lipinski definition) is 1. The van der Waals surface area contributed by atoms with Crippen LogP contribution in [-0.4, -0.2) is 49.3 Å². The Bertz CT molecular complexity index is 218. The number of ether oxygens (including phenoxy) is 1. The largest absolute Gasteiger partial charge is 0.379 e. The number of hydrogen-bond acceptors (Lipinski definition) is 3. The highest BCUT2D eigenvalue weighted by molar-refractivity contribution is 4.82. The van der Waals surface area contributed by atoms with Gasteiger partial charge in [-0.3, -0.25) is 4.90 Å². The van der Waals surface area contributed by atoms with E-state index in [4.69, 9.17) is 4.74 Å². The van der Waals surface area contributed by atoms with Crippen LogP contribution >= 0.6 is 0 Å². The highest BCUT2D eigenvalue weighted by atomic mass is 16.5. The summed E-state index contributed by atoms with van der Waals surface area (Å²) in [5, 5.41) is 3.63. The van der Waals surface area contributed by atoms with Gasteiger partial charge in [0.2, 0.25) is 0 Å². The predicted molar refractivity (Wildman–Crippen MR) is 73.4 cm³/mol. The van der Waals surface area contributed by atoms with Crippen molar-refractivity contribution in [1.29, 1.82) is 0 Å². The SMILES string of the molecule is CCC1CN(CCC(C)(C)OC)C(C)CCN1. The van der Waals surface area contributed by atoms with Crippen molar-refractivity contribution < 1.29 is 4.74 Å². The second-order valence-electron chi connectivity index (χ2n) is 5.91. The molecule has 0 aromatic rings. The van der Waals surface area contributed by atoms with Gasteiger partial charge in [0.15, 0.2) is 0 Å². The van der Waals surface area contributed by atoms with E-state index >= 15 is 0 Å². The molecule has 1 rings (SSSR count). The summed E-state index contributed by atoms with van der Waals surface area (Å²) >= 11 is 0. The van der Waals surface area contributed by atoms with Gasteiger partial charge in [-0.05, 0) is 46.6 Å². The number of nitrogens with zero attached hydrogens (tertiary/aromatic N) is 1. The standard InChI is InChI=1S/C14H30N2O/c1-6-13-11-16(12(2)7-9-15-13)10-8-14(3,4)17-5/h12-13,15H,6-11H2,1-5H3. The Morgan fingerprint density at radius 3 is 2.71 bits per heavy atom. The third-order valence-corrected chi connectivity index (χ3v) is 4.12. The molecule has 17 heavy (non-hydrogen) atoms. The lowest BCUT2D eigenvalue weighted by Crippen LogP contribution is -2.42. The zero-order chi connectivity index (χ0) is 12.9. The molecular formula is C14H30N2O. The Balaban J connectivity index is 2.48. The van der Waals surface area contributed by atoms with Gasteiger partial charge in [0, 0.05) is 32.3 Å². The van der Waals surface area contributed by atoms with Gasteiger partial charge in [0.05, 0.1) is 5.60 Å². The van der Waals surface area contributed by atoms with Crippen LogP contribution < -0.4 is 5.32 Å². The van der Waals surface area contributed by atoms with Crippen molar-refractivity contribution in [2.45, 2.75) is 64.6 Å². The van der Waals surface area contributed by atoms with E-state index in [0.717, 1.165) is 19.5 Å². The molecule has 0 aliphatic carbocycles. The van der Waals surface area contributed by atoms with Gasteiger partial charge < -0.3 is 10.1 Å². The Morgan fingerprint density at radius 2 is 2.12 bits per heavy atom. The molecule has 1 fully saturated rings. The second kappa shape index (κ2) is 6.72. The molecule has 0 amide bonds. The topological polar surface area (TPSA) is 24.5 Å². The first-order chi connectivity index (χ1) is 7.98. The summed E-state index contributed by atoms with van der Waals surface area (Å²) in [7, 11) is 1.81. The first kappa shape index (κ1) is 14.9. The van der Waals surface area contributed by atoms with E-state index in [2.05, 4.69) is 37.9 Å². The van der Waals surface area contributed by atoms with E-state index < -0.39 is 0 Å². The molecule has 1 N–H and O–H groups in total. The lowest BCUT2D eigenvalue weighted by atomic mass is 10.0. The highest BCUT2D eigenvalue weighted by Gasteiger charge is 2.24. The lowest BCUT2D eigenvalue weighted by Gasteiger charge is -2.32. The first-order valence-corrected chi connectivity index (χ1v) is 7.01. The van der Waals surface area contributed by atoms with Crippen molar-refractivity contribution in [2.24, 2.45) is 0 Å². The minimum absolute atomic E-state index is 0.00115. The minimum atomic E-state index is 0.00115. The summed E-state index contributed by atoms with van der Waals surface area (Å²) in [6, 6.07) is 1.34. The molecule has 1 aliphatic heterocycles. The van der Waals surface area contributed by atoms with Gasteiger partial charge in [-0.25, -0.2) is 0 Å². The van der Waals surface area contributed by atoms with E-state index in [9.17, 15) is 0 Å². The van der Waals surface area contributed by atoms with Crippen LogP contribution in [0.1, 0.15) is 47.0 Å². The molecule has 0 aromatic heterocycles. The zero-order valence-electron chi connectivity index (χ0n) is 12.3. The third kappa shape index (κ3) is 4.94. The number of nitrogens with one attached hydrogen (secondary N) is 1. The fraction of sp³-hybridized carbons (Fsp3) is 1.00. The monoisotopic (exact) mass is 242 g/mol. The van der Waals surface area contributed by atoms with Crippen LogP contribution in [0.25, 0.3) is 0 Å². The van der Waals surface area contributed by atoms with Gasteiger partial charge in [0.1, 0.15) is 0 Å². The third-order valence-electron chi connectivity index (χ3n) is 4.12. The summed E-state index contributed by atoms with van der Waals surface area (Å²) in [4.78, 5) is 2.62. The van der Waals surface area contributed by atoms with Crippen molar-refractivity contribution in [3.8, 4) is 0 Å². The van der Waals surface area contributed by atoms with E-state index in [-0.39, 0.29) is 5.60 Å². The predicted octanol–water partition coefficient (Wildman–Crippen LogP) is 2.26. The molecule has 0 radical (unpaired) electrons. The van der Waals surface area contributed by atoms with E-state index in [0.29, 0.717) is 12.1 Å². The molecule has 1 heterocycles. The molecule has 3 nitrogen and oxygen atoms in total. The van der Waals surface area contributed by atoms with Crippen LogP contribution in [0.3, 0.4) is 0 Å². The van der Waals surface area contributed by atoms with Crippen LogP contribution in [0.15, 0.2) is 0 Å². The van der Waals surface area contributed by atoms with E-state index in [1.54, 1.807) is 0 Å². The Labute approximate surface area is 107 Å². The summed E-state index contributed by atoms with van der Waals surface area (Å²) < 4.78 is 5.51. The normalized spacial score (nSPS) is 28.1. The molecule has 2 atom stereocenters. The van der Waals surface area contributed by atoms with Crippen molar-refractivity contribution >= 4 is 0 Å². The van der Waals surface area contributed by atoms with Crippen LogP contribution in [-0.2, 0) is 4.74 Å². The average Bonchev–Trinajstić information content (AvgIpc) is 2.49. The van der Waals surface area contributed by atoms with Crippen molar-refractivity contribution in [3.63, 3.8) is 0 Å². The lowest BCUT2D eigenvalue weighted by molar-refractivity contribution is 0.00432. The molecule has 0 bridgehead atoms. The van der Waals surface area contributed by atoms with Gasteiger partial charge in [-0.15, -0.1) is 0 Å². The fourth-order valence-corrected chi connectivity index (χ4v) is 2.31. The highest BCUT2D eigenvalue weighted by Crippen LogP contribution is 2.17. The van der Waals surface area contributed by atoms with Crippen molar-refractivity contribution in [2.75, 3.05) is 26.7 Å². The second-order valence-corrected chi connectivity index (χ2v) is 5.91.